The molecule has 0 atom stereocenters. The number of aromatic hydroxyl groups is 1. The molecule has 2 aromatic heterocycles. The molecule has 0 fully saturated rings. The summed E-state index contributed by atoms with van der Waals surface area (Å²) in [6.07, 6.45) is 3.16. The third kappa shape index (κ3) is 3.18. The average Bonchev–Trinajstić information content (AvgIpc) is 2.97. The van der Waals surface area contributed by atoms with Gasteiger partial charge in [-0.05, 0) is 43.4 Å². The van der Waals surface area contributed by atoms with Crippen LogP contribution in [0.2, 0.25) is 0 Å². The van der Waals surface area contributed by atoms with Gasteiger partial charge in [0, 0.05) is 11.8 Å². The lowest BCUT2D eigenvalue weighted by molar-refractivity contribution is 0.318. The smallest absolute Gasteiger partial charge is 0.216 e. The van der Waals surface area contributed by atoms with Gasteiger partial charge in [0.15, 0.2) is 11.5 Å². The van der Waals surface area contributed by atoms with E-state index in [0.29, 0.717) is 34.2 Å². The van der Waals surface area contributed by atoms with E-state index >= 15 is 0 Å². The van der Waals surface area contributed by atoms with Gasteiger partial charge in [0.25, 0.3) is 0 Å². The summed E-state index contributed by atoms with van der Waals surface area (Å²) in [7, 11) is 0. The summed E-state index contributed by atoms with van der Waals surface area (Å²) in [5.41, 5.74) is 1.14. The molecule has 24 heavy (non-hydrogen) atoms. The fourth-order valence-corrected chi connectivity index (χ4v) is 2.27. The molecule has 7 nitrogen and oxygen atoms in total. The van der Waals surface area contributed by atoms with Crippen LogP contribution in [0.5, 0.6) is 11.5 Å². The van der Waals surface area contributed by atoms with E-state index in [-0.39, 0.29) is 5.75 Å². The summed E-state index contributed by atoms with van der Waals surface area (Å²) in [5.74, 6) is 0.914. The molecular weight excluding hydrogens is 326 g/mol. The van der Waals surface area contributed by atoms with E-state index in [2.05, 4.69) is 20.3 Å². The maximum Gasteiger partial charge on any atom is 0.216 e. The highest BCUT2D eigenvalue weighted by molar-refractivity contribution is 7.71. The van der Waals surface area contributed by atoms with Crippen molar-refractivity contribution in [3.8, 4) is 23.0 Å². The van der Waals surface area contributed by atoms with E-state index in [9.17, 15) is 5.11 Å². The predicted molar refractivity (Wildman–Crippen MR) is 92.9 cm³/mol. The molecule has 0 aliphatic heterocycles. The predicted octanol–water partition coefficient (Wildman–Crippen LogP) is 2.99. The Hall–Kier alpha value is -3.00. The van der Waals surface area contributed by atoms with Gasteiger partial charge < -0.3 is 9.84 Å². The zero-order chi connectivity index (χ0) is 16.9. The van der Waals surface area contributed by atoms with Crippen molar-refractivity contribution in [2.45, 2.75) is 6.92 Å². The minimum atomic E-state index is 0.0255. The Kier molecular flexibility index (Phi) is 4.66. The van der Waals surface area contributed by atoms with Gasteiger partial charge in [-0.15, -0.1) is 0 Å². The maximum absolute atomic E-state index is 10.2. The summed E-state index contributed by atoms with van der Waals surface area (Å²) in [6, 6.07) is 10.7. The number of aromatic amines is 1. The highest BCUT2D eigenvalue weighted by Gasteiger charge is 2.10. The molecule has 0 aliphatic rings. The molecule has 0 amide bonds. The van der Waals surface area contributed by atoms with Gasteiger partial charge in [-0.1, -0.05) is 12.1 Å². The molecule has 3 aromatic rings. The third-order valence-corrected chi connectivity index (χ3v) is 3.45. The van der Waals surface area contributed by atoms with Gasteiger partial charge in [-0.2, -0.15) is 14.9 Å². The van der Waals surface area contributed by atoms with Crippen LogP contribution in [-0.4, -0.2) is 37.8 Å². The molecule has 0 saturated heterocycles. The molecular formula is C16H15N5O2S. The number of nitrogens with one attached hydrogen (secondary N) is 1. The van der Waals surface area contributed by atoms with Gasteiger partial charge >= 0.3 is 0 Å². The summed E-state index contributed by atoms with van der Waals surface area (Å²) in [4.78, 5) is 4.24. The standard InChI is InChI=1S/C16H15N5O2S/c1-2-23-13-8-5-6-11(14(13)22)10-18-21-15(19-20-16(21)24)12-7-3-4-9-17-12/h3-10,22H,2H2,1H3,(H,20,24)/b18-10+. The monoisotopic (exact) mass is 341 g/mol. The van der Waals surface area contributed by atoms with Crippen LogP contribution in [0, 0.1) is 4.77 Å². The number of benzene rings is 1. The van der Waals surface area contributed by atoms with Crippen molar-refractivity contribution in [1.29, 1.82) is 0 Å². The third-order valence-electron chi connectivity index (χ3n) is 3.19. The lowest BCUT2D eigenvalue weighted by atomic mass is 10.2. The number of phenols is 1. The maximum atomic E-state index is 10.2. The van der Waals surface area contributed by atoms with E-state index in [0.717, 1.165) is 0 Å². The number of nitrogens with zero attached hydrogens (tertiary/aromatic N) is 4. The number of H-pyrrole nitrogens is 1. The molecule has 0 spiro atoms. The summed E-state index contributed by atoms with van der Waals surface area (Å²) in [5, 5.41) is 21.4. The van der Waals surface area contributed by atoms with E-state index in [1.165, 1.54) is 10.9 Å². The molecule has 0 bridgehead atoms. The molecule has 2 heterocycles. The number of hydrogen-bond donors (Lipinski definition) is 2. The topological polar surface area (TPSA) is 88.3 Å². The minimum Gasteiger partial charge on any atom is -0.504 e. The van der Waals surface area contributed by atoms with Gasteiger partial charge in [-0.25, -0.2) is 5.10 Å². The number of phenolic OH excluding ortho intramolecular Hbond substituents is 1. The van der Waals surface area contributed by atoms with Crippen molar-refractivity contribution in [2.75, 3.05) is 6.61 Å². The van der Waals surface area contributed by atoms with Crippen LogP contribution in [0.25, 0.3) is 11.5 Å². The van der Waals surface area contributed by atoms with Gasteiger partial charge in [0.1, 0.15) is 5.69 Å². The second-order valence-electron chi connectivity index (χ2n) is 4.75. The molecule has 0 aliphatic carbocycles. The Labute approximate surface area is 143 Å². The molecule has 0 unspecified atom stereocenters. The van der Waals surface area contributed by atoms with E-state index in [4.69, 9.17) is 17.0 Å². The van der Waals surface area contributed by atoms with Crippen LogP contribution >= 0.6 is 12.2 Å². The number of para-hydroxylation sites is 1. The lowest BCUT2D eigenvalue weighted by Gasteiger charge is -2.07. The first kappa shape index (κ1) is 15.9. The van der Waals surface area contributed by atoms with Crippen LogP contribution in [0.3, 0.4) is 0 Å². The number of rotatable bonds is 5. The van der Waals surface area contributed by atoms with Gasteiger partial charge in [0.05, 0.1) is 12.8 Å². The lowest BCUT2D eigenvalue weighted by Crippen LogP contribution is -1.97. The number of pyridine rings is 1. The van der Waals surface area contributed by atoms with Crippen molar-refractivity contribution >= 4 is 18.4 Å². The molecule has 1 aromatic carbocycles. The fourth-order valence-electron chi connectivity index (χ4n) is 2.10. The van der Waals surface area contributed by atoms with Crippen LogP contribution < -0.4 is 4.74 Å². The average molecular weight is 341 g/mol. The normalized spacial score (nSPS) is 11.0. The Morgan fingerprint density at radius 1 is 1.33 bits per heavy atom. The molecule has 0 radical (unpaired) electrons. The molecule has 2 N–H and O–H groups in total. The van der Waals surface area contributed by atoms with E-state index in [1.54, 1.807) is 24.4 Å². The minimum absolute atomic E-state index is 0.0255. The van der Waals surface area contributed by atoms with Crippen molar-refractivity contribution in [3.63, 3.8) is 0 Å². The van der Waals surface area contributed by atoms with Crippen molar-refractivity contribution < 1.29 is 9.84 Å². The van der Waals surface area contributed by atoms with E-state index < -0.39 is 0 Å². The first-order valence-electron chi connectivity index (χ1n) is 7.28. The second kappa shape index (κ2) is 7.05. The summed E-state index contributed by atoms with van der Waals surface area (Å²) >= 11 is 5.20. The molecule has 0 saturated carbocycles. The summed E-state index contributed by atoms with van der Waals surface area (Å²) in [6.45, 7) is 2.31. The number of ether oxygens (including phenoxy) is 1. The first-order valence-corrected chi connectivity index (χ1v) is 7.69. The number of hydrogen-bond acceptors (Lipinski definition) is 6. The first-order chi connectivity index (χ1) is 11.7. The van der Waals surface area contributed by atoms with Crippen molar-refractivity contribution in [3.05, 3.63) is 52.9 Å². The largest absolute Gasteiger partial charge is 0.504 e. The highest BCUT2D eigenvalue weighted by atomic mass is 32.1. The molecule has 3 rings (SSSR count). The zero-order valence-electron chi connectivity index (χ0n) is 12.9. The van der Waals surface area contributed by atoms with Gasteiger partial charge in [0.2, 0.25) is 10.6 Å². The van der Waals surface area contributed by atoms with Gasteiger partial charge in [-0.3, -0.25) is 4.98 Å². The van der Waals surface area contributed by atoms with Crippen LogP contribution in [0.15, 0.2) is 47.7 Å². The van der Waals surface area contributed by atoms with Crippen LogP contribution in [0.4, 0.5) is 0 Å². The molecule has 8 heteroatoms. The van der Waals surface area contributed by atoms with Crippen molar-refractivity contribution in [1.82, 2.24) is 19.9 Å². The SMILES string of the molecule is CCOc1cccc(/C=N/n2c(-c3ccccn3)n[nH]c2=S)c1O. The summed E-state index contributed by atoms with van der Waals surface area (Å²) < 4.78 is 7.14. The Morgan fingerprint density at radius 2 is 2.21 bits per heavy atom. The quantitative estimate of drug-likeness (QED) is 0.550. The van der Waals surface area contributed by atoms with Crippen molar-refractivity contribution in [2.24, 2.45) is 5.10 Å². The molecule has 122 valence electrons. The Balaban J connectivity index is 1.98. The fraction of sp³-hybridized carbons (Fsp3) is 0.125. The van der Waals surface area contributed by atoms with E-state index in [1.807, 2.05) is 25.1 Å². The highest BCUT2D eigenvalue weighted by Crippen LogP contribution is 2.28. The van der Waals surface area contributed by atoms with Crippen LogP contribution in [0.1, 0.15) is 12.5 Å². The Bertz CT molecular complexity index is 918. The number of aromatic nitrogens is 4. The zero-order valence-corrected chi connectivity index (χ0v) is 13.7. The van der Waals surface area contributed by atoms with Crippen LogP contribution in [-0.2, 0) is 0 Å². The Morgan fingerprint density at radius 3 is 2.96 bits per heavy atom. The second-order valence-corrected chi connectivity index (χ2v) is 5.14.